The normalized spacial score (nSPS) is 11.2. The zero-order valence-corrected chi connectivity index (χ0v) is 11.9. The summed E-state index contributed by atoms with van der Waals surface area (Å²) in [7, 11) is 1.41. The molecule has 0 aliphatic carbocycles. The maximum atomic E-state index is 11.0. The Balaban J connectivity index is 0.00000137. The van der Waals surface area contributed by atoms with Crippen molar-refractivity contribution in [2.75, 3.05) is 7.11 Å². The average molecular weight is 251 g/mol. The minimum atomic E-state index is -0.169. The predicted molar refractivity (Wildman–Crippen MR) is 75.5 cm³/mol. The van der Waals surface area contributed by atoms with Crippen LogP contribution in [0.5, 0.6) is 0 Å². The number of rotatable bonds is 5. The summed E-state index contributed by atoms with van der Waals surface area (Å²) >= 11 is 0. The van der Waals surface area contributed by atoms with Crippen LogP contribution in [0.1, 0.15) is 38.3 Å². The molecule has 0 aliphatic rings. The Kier molecular flexibility index (Phi) is 8.93. The Labute approximate surface area is 110 Å². The number of methoxy groups -OCH3 is 1. The molecule has 0 aliphatic heterocycles. The van der Waals surface area contributed by atoms with Crippen LogP contribution in [0.15, 0.2) is 24.3 Å². The van der Waals surface area contributed by atoms with Crippen molar-refractivity contribution in [2.45, 2.75) is 46.1 Å². The first-order valence-electron chi connectivity index (χ1n) is 6.52. The Morgan fingerprint density at radius 3 is 2.50 bits per heavy atom. The summed E-state index contributed by atoms with van der Waals surface area (Å²) in [6, 6.07) is 8.35. The molecule has 1 rings (SSSR count). The van der Waals surface area contributed by atoms with E-state index >= 15 is 0 Å². The van der Waals surface area contributed by atoms with E-state index in [4.69, 9.17) is 5.73 Å². The molecule has 1 aromatic rings. The van der Waals surface area contributed by atoms with Gasteiger partial charge in [0.25, 0.3) is 0 Å². The van der Waals surface area contributed by atoms with Crippen LogP contribution in [0.3, 0.4) is 0 Å². The Morgan fingerprint density at radius 2 is 1.94 bits per heavy atom. The molecule has 0 heterocycles. The van der Waals surface area contributed by atoms with Crippen LogP contribution in [-0.4, -0.2) is 19.1 Å². The molecule has 0 fully saturated rings. The fourth-order valence-corrected chi connectivity index (χ4v) is 1.63. The highest BCUT2D eigenvalue weighted by atomic mass is 16.5. The lowest BCUT2D eigenvalue weighted by atomic mass is 10.0. The van der Waals surface area contributed by atoms with Crippen LogP contribution in [0, 0.1) is 0 Å². The van der Waals surface area contributed by atoms with Crippen molar-refractivity contribution < 1.29 is 9.53 Å². The molecule has 3 nitrogen and oxygen atoms in total. The molecular formula is C15H25NO2. The van der Waals surface area contributed by atoms with Crippen molar-refractivity contribution in [1.82, 2.24) is 0 Å². The van der Waals surface area contributed by atoms with Crippen LogP contribution >= 0.6 is 0 Å². The topological polar surface area (TPSA) is 52.3 Å². The van der Waals surface area contributed by atoms with Crippen molar-refractivity contribution in [1.29, 1.82) is 0 Å². The average Bonchev–Trinajstić information content (AvgIpc) is 2.38. The fraction of sp³-hybridized carbons (Fsp3) is 0.533. The second-order valence-corrected chi connectivity index (χ2v) is 4.08. The van der Waals surface area contributed by atoms with Gasteiger partial charge in [-0.15, -0.1) is 0 Å². The third kappa shape index (κ3) is 7.07. The molecule has 0 saturated carbocycles. The summed E-state index contributed by atoms with van der Waals surface area (Å²) in [5.74, 6) is -0.169. The third-order valence-electron chi connectivity index (χ3n) is 2.39. The summed E-state index contributed by atoms with van der Waals surface area (Å²) < 4.78 is 4.61. The molecule has 0 radical (unpaired) electrons. The largest absolute Gasteiger partial charge is 0.469 e. The Hall–Kier alpha value is -1.35. The van der Waals surface area contributed by atoms with Crippen molar-refractivity contribution in [3.05, 3.63) is 35.4 Å². The predicted octanol–water partition coefficient (Wildman–Crippen LogP) is 2.71. The first kappa shape index (κ1) is 16.6. The molecule has 0 saturated heterocycles. The van der Waals surface area contributed by atoms with E-state index in [9.17, 15) is 4.79 Å². The molecule has 0 bridgehead atoms. The Bertz CT molecular complexity index is 348. The Morgan fingerprint density at radius 1 is 1.33 bits per heavy atom. The molecule has 102 valence electrons. The number of aryl methyl sites for hydroxylation is 1. The second kappa shape index (κ2) is 9.66. The van der Waals surface area contributed by atoms with E-state index in [1.54, 1.807) is 0 Å². The van der Waals surface area contributed by atoms with E-state index in [0.29, 0.717) is 6.42 Å². The van der Waals surface area contributed by atoms with Crippen molar-refractivity contribution in [2.24, 2.45) is 5.73 Å². The highest BCUT2D eigenvalue weighted by Crippen LogP contribution is 2.09. The quantitative estimate of drug-likeness (QED) is 0.819. The fourth-order valence-electron chi connectivity index (χ4n) is 1.63. The van der Waals surface area contributed by atoms with Gasteiger partial charge in [0.05, 0.1) is 7.11 Å². The SMILES string of the molecule is CC.COC(=O)CCc1cccc(CC(C)N)c1. The molecule has 1 unspecified atom stereocenters. The first-order valence-corrected chi connectivity index (χ1v) is 6.52. The van der Waals surface area contributed by atoms with Crippen molar-refractivity contribution in [3.8, 4) is 0 Å². The molecule has 0 amide bonds. The lowest BCUT2D eigenvalue weighted by Crippen LogP contribution is -2.17. The third-order valence-corrected chi connectivity index (χ3v) is 2.39. The minimum absolute atomic E-state index is 0.163. The van der Waals surface area contributed by atoms with Crippen LogP contribution in [0.25, 0.3) is 0 Å². The van der Waals surface area contributed by atoms with Gasteiger partial charge in [0.15, 0.2) is 0 Å². The van der Waals surface area contributed by atoms with Gasteiger partial charge >= 0.3 is 5.97 Å². The maximum Gasteiger partial charge on any atom is 0.305 e. The molecule has 0 spiro atoms. The van der Waals surface area contributed by atoms with Gasteiger partial charge in [0, 0.05) is 12.5 Å². The van der Waals surface area contributed by atoms with Crippen molar-refractivity contribution in [3.63, 3.8) is 0 Å². The van der Waals surface area contributed by atoms with Crippen molar-refractivity contribution >= 4 is 5.97 Å². The van der Waals surface area contributed by atoms with Crippen LogP contribution in [0.4, 0.5) is 0 Å². The monoisotopic (exact) mass is 251 g/mol. The van der Waals surface area contributed by atoms with E-state index in [1.165, 1.54) is 12.7 Å². The lowest BCUT2D eigenvalue weighted by Gasteiger charge is -2.07. The van der Waals surface area contributed by atoms with Crippen LogP contribution in [-0.2, 0) is 22.4 Å². The number of ether oxygens (including phenoxy) is 1. The van der Waals surface area contributed by atoms with Gasteiger partial charge < -0.3 is 10.5 Å². The molecule has 2 N–H and O–H groups in total. The zero-order valence-electron chi connectivity index (χ0n) is 11.9. The molecule has 1 aromatic carbocycles. The van der Waals surface area contributed by atoms with E-state index in [2.05, 4.69) is 16.9 Å². The maximum absolute atomic E-state index is 11.0. The van der Waals surface area contributed by atoms with Gasteiger partial charge in [-0.2, -0.15) is 0 Å². The van der Waals surface area contributed by atoms with E-state index in [1.807, 2.05) is 32.9 Å². The number of carbonyl (C=O) groups is 1. The van der Waals surface area contributed by atoms with Gasteiger partial charge in [0.1, 0.15) is 0 Å². The number of carbonyl (C=O) groups excluding carboxylic acids is 1. The van der Waals surface area contributed by atoms with Crippen LogP contribution < -0.4 is 5.73 Å². The summed E-state index contributed by atoms with van der Waals surface area (Å²) in [5, 5.41) is 0. The molecule has 3 heteroatoms. The summed E-state index contributed by atoms with van der Waals surface area (Å²) in [6.07, 6.45) is 2.02. The number of hydrogen-bond acceptors (Lipinski definition) is 3. The molecule has 0 aromatic heterocycles. The summed E-state index contributed by atoms with van der Waals surface area (Å²) in [6.45, 7) is 5.99. The van der Waals surface area contributed by atoms with Gasteiger partial charge in [-0.05, 0) is 30.9 Å². The van der Waals surface area contributed by atoms with E-state index < -0.39 is 0 Å². The minimum Gasteiger partial charge on any atom is -0.469 e. The van der Waals surface area contributed by atoms with Gasteiger partial charge in [-0.3, -0.25) is 4.79 Å². The lowest BCUT2D eigenvalue weighted by molar-refractivity contribution is -0.140. The number of nitrogens with two attached hydrogens (primary N) is 1. The number of benzene rings is 1. The van der Waals surface area contributed by atoms with Gasteiger partial charge in [-0.1, -0.05) is 38.1 Å². The van der Waals surface area contributed by atoms with Gasteiger partial charge in [0.2, 0.25) is 0 Å². The highest BCUT2D eigenvalue weighted by Gasteiger charge is 2.03. The van der Waals surface area contributed by atoms with Crippen LogP contribution in [0.2, 0.25) is 0 Å². The zero-order chi connectivity index (χ0) is 14.0. The van der Waals surface area contributed by atoms with E-state index in [0.717, 1.165) is 18.4 Å². The standard InChI is InChI=1S/C13H19NO2.C2H6/c1-10(14)8-12-5-3-4-11(9-12)6-7-13(15)16-2;1-2/h3-5,9-10H,6-8,14H2,1-2H3;1-2H3. The first-order chi connectivity index (χ1) is 8.61. The molecular weight excluding hydrogens is 226 g/mol. The molecule has 18 heavy (non-hydrogen) atoms. The second-order valence-electron chi connectivity index (χ2n) is 4.08. The smallest absolute Gasteiger partial charge is 0.305 e. The van der Waals surface area contributed by atoms with E-state index in [-0.39, 0.29) is 12.0 Å². The van der Waals surface area contributed by atoms with Gasteiger partial charge in [-0.25, -0.2) is 0 Å². The summed E-state index contributed by atoms with van der Waals surface area (Å²) in [4.78, 5) is 11.0. The summed E-state index contributed by atoms with van der Waals surface area (Å²) in [5.41, 5.74) is 8.12. The number of hydrogen-bond donors (Lipinski definition) is 1. The number of esters is 1. The highest BCUT2D eigenvalue weighted by molar-refractivity contribution is 5.69. The molecule has 1 atom stereocenters.